The van der Waals surface area contributed by atoms with E-state index in [4.69, 9.17) is 4.74 Å². The normalized spacial score (nSPS) is 11.0. The van der Waals surface area contributed by atoms with E-state index in [1.54, 1.807) is 7.11 Å². The van der Waals surface area contributed by atoms with Crippen molar-refractivity contribution < 1.29 is 4.74 Å². The molecule has 0 bridgehead atoms. The summed E-state index contributed by atoms with van der Waals surface area (Å²) in [5.74, 6) is 1.66. The van der Waals surface area contributed by atoms with Gasteiger partial charge in [-0.1, -0.05) is 53.7 Å². The number of benzene rings is 3. The highest BCUT2D eigenvalue weighted by molar-refractivity contribution is 5.92. The van der Waals surface area contributed by atoms with Crippen LogP contribution in [0.3, 0.4) is 0 Å². The Hall–Kier alpha value is -4.13. The third kappa shape index (κ3) is 4.11. The highest BCUT2D eigenvalue weighted by atomic mass is 16.5. The number of fused-ring (bicyclic) bond motifs is 1. The van der Waals surface area contributed by atoms with E-state index in [-0.39, 0.29) is 0 Å². The quantitative estimate of drug-likeness (QED) is 0.413. The Labute approximate surface area is 179 Å². The average Bonchev–Trinajstić information content (AvgIpc) is 3.45. The van der Waals surface area contributed by atoms with Crippen LogP contribution in [0.4, 0.5) is 5.82 Å². The first-order valence-corrected chi connectivity index (χ1v) is 10.1. The number of aromatic amines is 1. The third-order valence-corrected chi connectivity index (χ3v) is 5.20. The number of methoxy groups -OCH3 is 1. The maximum Gasteiger partial charge on any atom is 0.156 e. The molecule has 5 aromatic rings. The highest BCUT2D eigenvalue weighted by Crippen LogP contribution is 2.27. The van der Waals surface area contributed by atoms with E-state index in [9.17, 15) is 0 Å². The van der Waals surface area contributed by atoms with E-state index in [0.29, 0.717) is 13.1 Å². The van der Waals surface area contributed by atoms with Gasteiger partial charge >= 0.3 is 0 Å². The predicted octanol–water partition coefficient (Wildman–Crippen LogP) is 4.49. The van der Waals surface area contributed by atoms with Crippen molar-refractivity contribution in [2.45, 2.75) is 13.1 Å². The minimum Gasteiger partial charge on any atom is -0.497 e. The molecule has 2 aromatic heterocycles. The van der Waals surface area contributed by atoms with Gasteiger partial charge in [-0.3, -0.25) is 5.10 Å². The minimum absolute atomic E-state index is 0.668. The third-order valence-electron chi connectivity index (χ3n) is 5.20. The zero-order valence-electron chi connectivity index (χ0n) is 17.1. The van der Waals surface area contributed by atoms with E-state index in [1.165, 1.54) is 5.56 Å². The second kappa shape index (κ2) is 8.31. The summed E-state index contributed by atoms with van der Waals surface area (Å²) in [5.41, 5.74) is 5.14. The van der Waals surface area contributed by atoms with Crippen LogP contribution in [-0.4, -0.2) is 32.3 Å². The lowest BCUT2D eigenvalue weighted by Crippen LogP contribution is -2.00. The molecular formula is C24H22N6O. The Morgan fingerprint density at radius 2 is 1.81 bits per heavy atom. The van der Waals surface area contributed by atoms with E-state index < -0.39 is 0 Å². The number of ether oxygens (including phenoxy) is 1. The SMILES string of the molecule is COc1ccc(CNc2n[nH]c3ccc(-c4cn(Cc5ccccc5)nn4)cc23)cc1. The van der Waals surface area contributed by atoms with Crippen LogP contribution < -0.4 is 10.1 Å². The Kier molecular flexibility index (Phi) is 5.06. The first-order valence-electron chi connectivity index (χ1n) is 10.1. The first kappa shape index (κ1) is 18.9. The predicted molar refractivity (Wildman–Crippen MR) is 121 cm³/mol. The summed E-state index contributed by atoms with van der Waals surface area (Å²) in [6.45, 7) is 1.36. The van der Waals surface area contributed by atoms with Crippen LogP contribution in [0.2, 0.25) is 0 Å². The number of hydrogen-bond donors (Lipinski definition) is 2. The molecule has 0 aliphatic carbocycles. The minimum atomic E-state index is 0.668. The molecule has 0 atom stereocenters. The molecule has 0 aliphatic rings. The van der Waals surface area contributed by atoms with Gasteiger partial charge in [-0.2, -0.15) is 5.10 Å². The molecular weight excluding hydrogens is 388 g/mol. The fourth-order valence-corrected chi connectivity index (χ4v) is 3.52. The second-order valence-electron chi connectivity index (χ2n) is 7.32. The van der Waals surface area contributed by atoms with Crippen LogP contribution >= 0.6 is 0 Å². The Morgan fingerprint density at radius 1 is 0.968 bits per heavy atom. The van der Waals surface area contributed by atoms with Crippen LogP contribution in [0.5, 0.6) is 5.75 Å². The summed E-state index contributed by atoms with van der Waals surface area (Å²) < 4.78 is 7.07. The van der Waals surface area contributed by atoms with Crippen LogP contribution in [-0.2, 0) is 13.1 Å². The summed E-state index contributed by atoms with van der Waals surface area (Å²) in [6, 6.07) is 24.4. The smallest absolute Gasteiger partial charge is 0.156 e. The summed E-state index contributed by atoms with van der Waals surface area (Å²) in [5, 5.41) is 20.6. The van der Waals surface area contributed by atoms with Gasteiger partial charge in [0.15, 0.2) is 5.82 Å². The van der Waals surface area contributed by atoms with Gasteiger partial charge in [0, 0.05) is 17.5 Å². The van der Waals surface area contributed by atoms with Gasteiger partial charge in [-0.05, 0) is 35.4 Å². The van der Waals surface area contributed by atoms with Gasteiger partial charge in [-0.25, -0.2) is 4.68 Å². The molecule has 0 saturated heterocycles. The van der Waals surface area contributed by atoms with Crippen molar-refractivity contribution in [2.75, 3.05) is 12.4 Å². The largest absolute Gasteiger partial charge is 0.497 e. The molecule has 7 nitrogen and oxygen atoms in total. The molecule has 0 aliphatic heterocycles. The molecule has 0 fully saturated rings. The molecule has 0 saturated carbocycles. The van der Waals surface area contributed by atoms with Crippen molar-refractivity contribution >= 4 is 16.7 Å². The molecule has 31 heavy (non-hydrogen) atoms. The first-order chi connectivity index (χ1) is 15.3. The molecule has 0 amide bonds. The second-order valence-corrected chi connectivity index (χ2v) is 7.32. The van der Waals surface area contributed by atoms with Crippen LogP contribution in [0.1, 0.15) is 11.1 Å². The molecule has 0 radical (unpaired) electrons. The monoisotopic (exact) mass is 410 g/mol. The highest BCUT2D eigenvalue weighted by Gasteiger charge is 2.10. The molecule has 0 spiro atoms. The van der Waals surface area contributed by atoms with Gasteiger partial charge in [0.2, 0.25) is 0 Å². The molecule has 2 N–H and O–H groups in total. The van der Waals surface area contributed by atoms with Crippen molar-refractivity contribution in [3.05, 3.63) is 90.1 Å². The Bertz CT molecular complexity index is 1290. The van der Waals surface area contributed by atoms with Crippen molar-refractivity contribution in [2.24, 2.45) is 0 Å². The zero-order chi connectivity index (χ0) is 21.0. The van der Waals surface area contributed by atoms with Gasteiger partial charge < -0.3 is 10.1 Å². The molecule has 154 valence electrons. The van der Waals surface area contributed by atoms with E-state index in [2.05, 4.69) is 44.0 Å². The Balaban J connectivity index is 1.35. The maximum absolute atomic E-state index is 5.22. The van der Waals surface area contributed by atoms with Crippen LogP contribution in [0, 0.1) is 0 Å². The van der Waals surface area contributed by atoms with E-state index in [0.717, 1.165) is 39.3 Å². The average molecular weight is 410 g/mol. The number of aromatic nitrogens is 5. The van der Waals surface area contributed by atoms with E-state index in [1.807, 2.05) is 65.5 Å². The standard InChI is InChI=1S/C24H22N6O/c1-31-20-10-7-17(8-11-20)14-25-24-21-13-19(9-12-22(21)26-28-24)23-16-30(29-27-23)15-18-5-3-2-4-6-18/h2-13,16H,14-15H2,1H3,(H2,25,26,28). The van der Waals surface area contributed by atoms with Crippen LogP contribution in [0.15, 0.2) is 79.0 Å². The zero-order valence-corrected chi connectivity index (χ0v) is 17.1. The summed E-state index contributed by atoms with van der Waals surface area (Å²) >= 11 is 0. The molecule has 0 unspecified atom stereocenters. The van der Waals surface area contributed by atoms with Crippen molar-refractivity contribution in [1.29, 1.82) is 0 Å². The van der Waals surface area contributed by atoms with Crippen molar-refractivity contribution in [1.82, 2.24) is 25.2 Å². The topological polar surface area (TPSA) is 80.6 Å². The van der Waals surface area contributed by atoms with Gasteiger partial charge in [0.1, 0.15) is 11.4 Å². The molecule has 2 heterocycles. The lowest BCUT2D eigenvalue weighted by Gasteiger charge is -2.06. The maximum atomic E-state index is 5.22. The number of nitrogens with one attached hydrogen (secondary N) is 2. The van der Waals surface area contributed by atoms with Gasteiger partial charge in [0.05, 0.1) is 25.4 Å². The fourth-order valence-electron chi connectivity index (χ4n) is 3.52. The van der Waals surface area contributed by atoms with E-state index >= 15 is 0 Å². The summed E-state index contributed by atoms with van der Waals surface area (Å²) in [7, 11) is 1.67. The number of H-pyrrole nitrogens is 1. The van der Waals surface area contributed by atoms with Crippen molar-refractivity contribution in [3.8, 4) is 17.0 Å². The Morgan fingerprint density at radius 3 is 2.61 bits per heavy atom. The lowest BCUT2D eigenvalue weighted by molar-refractivity contribution is 0.414. The molecule has 7 heteroatoms. The van der Waals surface area contributed by atoms with Crippen molar-refractivity contribution in [3.63, 3.8) is 0 Å². The lowest BCUT2D eigenvalue weighted by atomic mass is 10.1. The van der Waals surface area contributed by atoms with Crippen LogP contribution in [0.25, 0.3) is 22.2 Å². The molecule has 3 aromatic carbocycles. The summed E-state index contributed by atoms with van der Waals surface area (Å²) in [6.07, 6.45) is 1.97. The number of hydrogen-bond acceptors (Lipinski definition) is 5. The van der Waals surface area contributed by atoms with Gasteiger partial charge in [-0.15, -0.1) is 5.10 Å². The fraction of sp³-hybridized carbons (Fsp3) is 0.125. The number of nitrogens with zero attached hydrogens (tertiary/aromatic N) is 4. The number of anilines is 1. The van der Waals surface area contributed by atoms with Gasteiger partial charge in [0.25, 0.3) is 0 Å². The number of rotatable bonds is 7. The summed E-state index contributed by atoms with van der Waals surface area (Å²) in [4.78, 5) is 0. The molecule has 5 rings (SSSR count).